The first-order valence-electron chi connectivity index (χ1n) is 7.41. The number of benzene rings is 2. The van der Waals surface area contributed by atoms with Gasteiger partial charge in [0.25, 0.3) is 5.91 Å². The van der Waals surface area contributed by atoms with Crippen LogP contribution in [0.15, 0.2) is 54.6 Å². The van der Waals surface area contributed by atoms with Crippen molar-refractivity contribution in [3.63, 3.8) is 0 Å². The Morgan fingerprint density at radius 2 is 1.71 bits per heavy atom. The van der Waals surface area contributed by atoms with Gasteiger partial charge in [-0.1, -0.05) is 48.0 Å². The Balaban J connectivity index is 1.89. The molecule has 0 aliphatic rings. The van der Waals surface area contributed by atoms with E-state index in [2.05, 4.69) is 24.4 Å². The van der Waals surface area contributed by atoms with E-state index >= 15 is 0 Å². The summed E-state index contributed by atoms with van der Waals surface area (Å²) in [6, 6.07) is 18.2. The molecule has 0 radical (unpaired) electrons. The largest absolute Gasteiger partial charge is 0.324 e. The van der Waals surface area contributed by atoms with Crippen LogP contribution < -0.4 is 10.2 Å². The van der Waals surface area contributed by atoms with E-state index in [0.29, 0.717) is 6.54 Å². The van der Waals surface area contributed by atoms with Crippen molar-refractivity contribution in [3.8, 4) is 0 Å². The lowest BCUT2D eigenvalue weighted by atomic mass is 10.2. The number of anilines is 1. The van der Waals surface area contributed by atoms with Gasteiger partial charge in [-0.05, 0) is 26.0 Å². The highest BCUT2D eigenvalue weighted by Gasteiger charge is 2.13. The van der Waals surface area contributed by atoms with Crippen LogP contribution >= 0.6 is 0 Å². The van der Waals surface area contributed by atoms with Crippen molar-refractivity contribution in [1.29, 1.82) is 0 Å². The Kier molecular flexibility index (Phi) is 5.52. The van der Waals surface area contributed by atoms with Crippen LogP contribution in [0.5, 0.6) is 0 Å². The summed E-state index contributed by atoms with van der Waals surface area (Å²) < 4.78 is 0. The lowest BCUT2D eigenvalue weighted by molar-refractivity contribution is -0.903. The average molecular weight is 283 g/mol. The molecule has 0 spiro atoms. The van der Waals surface area contributed by atoms with Crippen molar-refractivity contribution < 1.29 is 9.69 Å². The number of rotatable bonds is 6. The maximum Gasteiger partial charge on any atom is 0.279 e. The quantitative estimate of drug-likeness (QED) is 0.836. The van der Waals surface area contributed by atoms with Crippen LogP contribution in [0.25, 0.3) is 0 Å². The van der Waals surface area contributed by atoms with E-state index in [0.717, 1.165) is 18.8 Å². The molecule has 0 saturated heterocycles. The number of aryl methyl sites for hydroxylation is 1. The molecule has 2 rings (SSSR count). The van der Waals surface area contributed by atoms with Crippen molar-refractivity contribution in [1.82, 2.24) is 0 Å². The Bertz CT molecular complexity index is 564. The minimum atomic E-state index is 0.0617. The van der Waals surface area contributed by atoms with Gasteiger partial charge in [0, 0.05) is 11.3 Å². The molecule has 0 fully saturated rings. The lowest BCUT2D eigenvalue weighted by Gasteiger charge is -2.17. The van der Waals surface area contributed by atoms with Gasteiger partial charge in [-0.15, -0.1) is 0 Å². The summed E-state index contributed by atoms with van der Waals surface area (Å²) in [4.78, 5) is 13.4. The fourth-order valence-electron chi connectivity index (χ4n) is 2.27. The molecular formula is C18H23N2O+. The predicted octanol–water partition coefficient (Wildman–Crippen LogP) is 2.04. The van der Waals surface area contributed by atoms with Gasteiger partial charge in [0.05, 0.1) is 6.54 Å². The van der Waals surface area contributed by atoms with Crippen LogP contribution in [0.2, 0.25) is 0 Å². The number of amides is 1. The van der Waals surface area contributed by atoms with Crippen molar-refractivity contribution >= 4 is 11.6 Å². The summed E-state index contributed by atoms with van der Waals surface area (Å²) >= 11 is 0. The Labute approximate surface area is 126 Å². The van der Waals surface area contributed by atoms with Gasteiger partial charge in [0.1, 0.15) is 6.54 Å². The Morgan fingerprint density at radius 3 is 2.33 bits per heavy atom. The second kappa shape index (κ2) is 7.60. The molecule has 3 heteroatoms. The van der Waals surface area contributed by atoms with Crippen LogP contribution in [0.1, 0.15) is 18.1 Å². The Hall–Kier alpha value is -2.13. The van der Waals surface area contributed by atoms with Gasteiger partial charge in [-0.25, -0.2) is 0 Å². The van der Waals surface area contributed by atoms with Crippen molar-refractivity contribution in [2.24, 2.45) is 0 Å². The number of quaternary nitrogens is 1. The summed E-state index contributed by atoms with van der Waals surface area (Å²) in [6.07, 6.45) is 0. The number of carbonyl (C=O) groups excluding carboxylic acids is 1. The number of carbonyl (C=O) groups is 1. The molecule has 0 heterocycles. The van der Waals surface area contributed by atoms with E-state index in [1.165, 1.54) is 16.0 Å². The summed E-state index contributed by atoms with van der Waals surface area (Å²) in [5, 5.41) is 2.96. The third-order valence-corrected chi connectivity index (χ3v) is 3.54. The monoisotopic (exact) mass is 283 g/mol. The van der Waals surface area contributed by atoms with Crippen LogP contribution in [0.4, 0.5) is 5.69 Å². The number of hydrogen-bond donors (Lipinski definition) is 2. The standard InChI is InChI=1S/C18H22N2O/c1-3-20(13-16-7-5-4-6-8-16)14-18(21)19-17-11-9-15(2)10-12-17/h4-12H,3,13-14H2,1-2H3,(H,19,21)/p+1. The molecule has 0 saturated carbocycles. The molecule has 110 valence electrons. The molecule has 0 aromatic heterocycles. The molecule has 2 aromatic rings. The molecule has 1 unspecified atom stereocenters. The zero-order valence-electron chi connectivity index (χ0n) is 12.7. The fraction of sp³-hybridized carbons (Fsp3) is 0.278. The summed E-state index contributed by atoms with van der Waals surface area (Å²) in [6.45, 7) is 6.43. The first kappa shape index (κ1) is 15.3. The molecule has 0 aliphatic carbocycles. The predicted molar refractivity (Wildman–Crippen MR) is 86.3 cm³/mol. The Morgan fingerprint density at radius 1 is 1.05 bits per heavy atom. The highest BCUT2D eigenvalue weighted by Crippen LogP contribution is 2.07. The number of likely N-dealkylation sites (N-methyl/N-ethyl adjacent to an activating group) is 1. The normalized spacial score (nSPS) is 11.9. The molecule has 1 amide bonds. The minimum absolute atomic E-state index is 0.0617. The van der Waals surface area contributed by atoms with Gasteiger partial charge in [-0.2, -0.15) is 0 Å². The lowest BCUT2D eigenvalue weighted by Crippen LogP contribution is -3.11. The third kappa shape index (κ3) is 5.04. The number of hydrogen-bond acceptors (Lipinski definition) is 1. The molecule has 2 N–H and O–H groups in total. The smallest absolute Gasteiger partial charge is 0.279 e. The molecular weight excluding hydrogens is 260 g/mol. The van der Waals surface area contributed by atoms with Crippen LogP contribution in [0.3, 0.4) is 0 Å². The maximum atomic E-state index is 12.1. The van der Waals surface area contributed by atoms with Gasteiger partial charge in [0.15, 0.2) is 6.54 Å². The van der Waals surface area contributed by atoms with Crippen molar-refractivity contribution in [2.75, 3.05) is 18.4 Å². The summed E-state index contributed by atoms with van der Waals surface area (Å²) in [5.74, 6) is 0.0617. The fourth-order valence-corrected chi connectivity index (χ4v) is 2.27. The van der Waals surface area contributed by atoms with Crippen molar-refractivity contribution in [2.45, 2.75) is 20.4 Å². The highest BCUT2D eigenvalue weighted by atomic mass is 16.2. The van der Waals surface area contributed by atoms with E-state index < -0.39 is 0 Å². The van der Waals surface area contributed by atoms with E-state index in [1.54, 1.807) is 0 Å². The van der Waals surface area contributed by atoms with Gasteiger partial charge >= 0.3 is 0 Å². The SMILES string of the molecule is CC[NH+](CC(=O)Nc1ccc(C)cc1)Cc1ccccc1. The zero-order valence-corrected chi connectivity index (χ0v) is 12.7. The maximum absolute atomic E-state index is 12.1. The molecule has 0 aliphatic heterocycles. The second-order valence-electron chi connectivity index (χ2n) is 5.36. The van der Waals surface area contributed by atoms with Gasteiger partial charge < -0.3 is 10.2 Å². The molecule has 0 bridgehead atoms. The van der Waals surface area contributed by atoms with E-state index in [9.17, 15) is 4.79 Å². The number of nitrogens with one attached hydrogen (secondary N) is 2. The van der Waals surface area contributed by atoms with Crippen LogP contribution in [-0.4, -0.2) is 19.0 Å². The summed E-state index contributed by atoms with van der Waals surface area (Å²) in [7, 11) is 0. The van der Waals surface area contributed by atoms with Crippen LogP contribution in [-0.2, 0) is 11.3 Å². The van der Waals surface area contributed by atoms with Crippen molar-refractivity contribution in [3.05, 3.63) is 65.7 Å². The summed E-state index contributed by atoms with van der Waals surface area (Å²) in [5.41, 5.74) is 3.32. The third-order valence-electron chi connectivity index (χ3n) is 3.54. The minimum Gasteiger partial charge on any atom is -0.324 e. The molecule has 3 nitrogen and oxygen atoms in total. The molecule has 1 atom stereocenters. The second-order valence-corrected chi connectivity index (χ2v) is 5.36. The van der Waals surface area contributed by atoms with E-state index in [1.807, 2.05) is 49.4 Å². The van der Waals surface area contributed by atoms with E-state index in [4.69, 9.17) is 0 Å². The molecule has 2 aromatic carbocycles. The topological polar surface area (TPSA) is 33.5 Å². The zero-order chi connectivity index (χ0) is 15.1. The van der Waals surface area contributed by atoms with Gasteiger partial charge in [0.2, 0.25) is 0 Å². The average Bonchev–Trinajstić information content (AvgIpc) is 2.50. The molecule has 21 heavy (non-hydrogen) atoms. The first-order valence-corrected chi connectivity index (χ1v) is 7.41. The highest BCUT2D eigenvalue weighted by molar-refractivity contribution is 5.91. The first-order chi connectivity index (χ1) is 10.2. The van der Waals surface area contributed by atoms with Gasteiger partial charge in [-0.3, -0.25) is 4.79 Å². The van der Waals surface area contributed by atoms with Crippen LogP contribution in [0, 0.1) is 6.92 Å². The van der Waals surface area contributed by atoms with E-state index in [-0.39, 0.29) is 5.91 Å².